The SMILES string of the molecule is COC(=O)CCCCCC[C@H]1[C@@H](C)CC(N)[C@@H]1CO[Si](C)(C)C(C)(C)C. The smallest absolute Gasteiger partial charge is 0.305 e. The van der Waals surface area contributed by atoms with Crippen LogP contribution >= 0.6 is 0 Å². The summed E-state index contributed by atoms with van der Waals surface area (Å²) in [5, 5.41) is 0.246. The molecular formula is C21H43NO3Si. The molecule has 0 aromatic carbocycles. The zero-order chi connectivity index (χ0) is 20.0. The second-order valence-corrected chi connectivity index (χ2v) is 14.6. The molecule has 154 valence electrons. The Bertz CT molecular complexity index is 433. The van der Waals surface area contributed by atoms with Gasteiger partial charge in [-0.05, 0) is 55.1 Å². The van der Waals surface area contributed by atoms with E-state index in [4.69, 9.17) is 14.9 Å². The van der Waals surface area contributed by atoms with E-state index >= 15 is 0 Å². The van der Waals surface area contributed by atoms with Crippen molar-refractivity contribution < 1.29 is 14.0 Å². The molecule has 0 bridgehead atoms. The first-order chi connectivity index (χ1) is 12.0. The molecule has 1 fully saturated rings. The quantitative estimate of drug-likeness (QED) is 0.322. The number of esters is 1. The van der Waals surface area contributed by atoms with Crippen LogP contribution in [0.25, 0.3) is 0 Å². The van der Waals surface area contributed by atoms with Gasteiger partial charge < -0.3 is 14.9 Å². The monoisotopic (exact) mass is 385 g/mol. The largest absolute Gasteiger partial charge is 0.469 e. The van der Waals surface area contributed by atoms with Gasteiger partial charge in [0.1, 0.15) is 0 Å². The number of methoxy groups -OCH3 is 1. The second-order valence-electron chi connectivity index (χ2n) is 9.80. The highest BCUT2D eigenvalue weighted by atomic mass is 28.4. The van der Waals surface area contributed by atoms with Gasteiger partial charge in [-0.2, -0.15) is 0 Å². The molecule has 0 saturated heterocycles. The standard InChI is InChI=1S/C21H43NO3Si/c1-16-14-19(22)18(15-25-26(6,7)21(2,3)4)17(16)12-10-8-9-11-13-20(23)24-5/h16-19H,8-15,22H2,1-7H3/t16-,17-,18+,19?/m0/s1. The van der Waals surface area contributed by atoms with Crippen LogP contribution < -0.4 is 5.73 Å². The number of hydrogen-bond donors (Lipinski definition) is 1. The van der Waals surface area contributed by atoms with E-state index in [1.54, 1.807) is 0 Å². The predicted octanol–water partition coefficient (Wildman–Crippen LogP) is 5.12. The van der Waals surface area contributed by atoms with Crippen LogP contribution in [0.15, 0.2) is 0 Å². The molecule has 0 radical (unpaired) electrons. The van der Waals surface area contributed by atoms with Crippen LogP contribution in [0.2, 0.25) is 18.1 Å². The van der Waals surface area contributed by atoms with E-state index in [0.29, 0.717) is 24.2 Å². The van der Waals surface area contributed by atoms with Crippen LogP contribution in [0.4, 0.5) is 0 Å². The Morgan fingerprint density at radius 3 is 2.31 bits per heavy atom. The first-order valence-corrected chi connectivity index (χ1v) is 13.4. The van der Waals surface area contributed by atoms with Crippen LogP contribution in [-0.2, 0) is 14.0 Å². The summed E-state index contributed by atoms with van der Waals surface area (Å²) in [6.07, 6.45) is 7.35. The van der Waals surface area contributed by atoms with E-state index < -0.39 is 8.32 Å². The molecule has 26 heavy (non-hydrogen) atoms. The molecule has 0 aliphatic heterocycles. The van der Waals surface area contributed by atoms with Crippen molar-refractivity contribution in [3.05, 3.63) is 0 Å². The Morgan fingerprint density at radius 1 is 1.12 bits per heavy atom. The topological polar surface area (TPSA) is 61.5 Å². The van der Waals surface area contributed by atoms with Crippen LogP contribution in [-0.4, -0.2) is 34.0 Å². The van der Waals surface area contributed by atoms with Crippen LogP contribution in [0.1, 0.15) is 72.6 Å². The van der Waals surface area contributed by atoms with Crippen molar-refractivity contribution in [3.63, 3.8) is 0 Å². The Labute approximate surface area is 162 Å². The highest BCUT2D eigenvalue weighted by molar-refractivity contribution is 6.74. The van der Waals surface area contributed by atoms with E-state index in [-0.39, 0.29) is 17.0 Å². The van der Waals surface area contributed by atoms with Crippen molar-refractivity contribution >= 4 is 14.3 Å². The summed E-state index contributed by atoms with van der Waals surface area (Å²) in [5.74, 6) is 1.76. The predicted molar refractivity (Wildman–Crippen MR) is 112 cm³/mol. The lowest BCUT2D eigenvalue weighted by atomic mass is 9.85. The highest BCUT2D eigenvalue weighted by Gasteiger charge is 2.42. The zero-order valence-corrected chi connectivity index (χ0v) is 19.3. The first-order valence-electron chi connectivity index (χ1n) is 10.5. The van der Waals surface area contributed by atoms with E-state index in [0.717, 1.165) is 25.9 Å². The lowest BCUT2D eigenvalue weighted by molar-refractivity contribution is -0.140. The lowest BCUT2D eigenvalue weighted by Crippen LogP contribution is -2.44. The summed E-state index contributed by atoms with van der Waals surface area (Å²) in [5.41, 5.74) is 6.48. The van der Waals surface area contributed by atoms with E-state index in [9.17, 15) is 4.79 Å². The summed E-state index contributed by atoms with van der Waals surface area (Å²) in [7, 11) is -0.259. The third-order valence-electron chi connectivity index (χ3n) is 6.81. The number of nitrogens with two attached hydrogens (primary N) is 1. The molecule has 1 unspecified atom stereocenters. The van der Waals surface area contributed by atoms with Crippen LogP contribution in [0.3, 0.4) is 0 Å². The van der Waals surface area contributed by atoms with Gasteiger partial charge in [0.15, 0.2) is 8.32 Å². The summed E-state index contributed by atoms with van der Waals surface area (Å²) < 4.78 is 11.2. The maximum Gasteiger partial charge on any atom is 0.305 e. The fourth-order valence-electron chi connectivity index (χ4n) is 3.89. The second kappa shape index (κ2) is 10.2. The molecule has 5 heteroatoms. The summed E-state index contributed by atoms with van der Waals surface area (Å²) in [6, 6.07) is 0.277. The molecule has 2 N–H and O–H groups in total. The maximum atomic E-state index is 11.2. The molecule has 0 heterocycles. The highest BCUT2D eigenvalue weighted by Crippen LogP contribution is 2.42. The number of unbranched alkanes of at least 4 members (excludes halogenated alkanes) is 3. The Hall–Kier alpha value is -0.393. The van der Waals surface area contributed by atoms with E-state index in [1.807, 2.05) is 0 Å². The van der Waals surface area contributed by atoms with Gasteiger partial charge in [-0.1, -0.05) is 47.0 Å². The molecular weight excluding hydrogens is 342 g/mol. The molecule has 4 atom stereocenters. The first kappa shape index (κ1) is 23.6. The molecule has 0 aromatic heterocycles. The van der Waals surface area contributed by atoms with Gasteiger partial charge in [-0.3, -0.25) is 4.79 Å². The van der Waals surface area contributed by atoms with E-state index in [1.165, 1.54) is 26.4 Å². The Kier molecular flexibility index (Phi) is 9.31. The third-order valence-corrected chi connectivity index (χ3v) is 11.3. The molecule has 1 aliphatic carbocycles. The van der Waals surface area contributed by atoms with Crippen molar-refractivity contribution in [2.45, 2.75) is 96.8 Å². The average Bonchev–Trinajstić information content (AvgIpc) is 2.80. The number of hydrogen-bond acceptors (Lipinski definition) is 4. The summed E-state index contributed by atoms with van der Waals surface area (Å²) >= 11 is 0. The molecule has 4 nitrogen and oxygen atoms in total. The summed E-state index contributed by atoms with van der Waals surface area (Å²) in [6.45, 7) is 14.7. The van der Waals surface area contributed by atoms with E-state index in [2.05, 4.69) is 40.8 Å². The minimum absolute atomic E-state index is 0.0942. The van der Waals surface area contributed by atoms with Crippen molar-refractivity contribution in [1.29, 1.82) is 0 Å². The molecule has 1 saturated carbocycles. The molecule has 1 rings (SSSR count). The van der Waals surface area contributed by atoms with Gasteiger partial charge in [0.05, 0.1) is 7.11 Å². The molecule has 1 aliphatic rings. The van der Waals surface area contributed by atoms with Gasteiger partial charge in [0, 0.05) is 19.1 Å². The molecule has 0 spiro atoms. The van der Waals surface area contributed by atoms with Crippen LogP contribution in [0.5, 0.6) is 0 Å². The minimum atomic E-state index is -1.72. The van der Waals surface area contributed by atoms with Gasteiger partial charge in [0.2, 0.25) is 0 Å². The summed E-state index contributed by atoms with van der Waals surface area (Å²) in [4.78, 5) is 11.2. The van der Waals surface area contributed by atoms with Gasteiger partial charge >= 0.3 is 5.97 Å². The Morgan fingerprint density at radius 2 is 1.73 bits per heavy atom. The minimum Gasteiger partial charge on any atom is -0.469 e. The van der Waals surface area contributed by atoms with Gasteiger partial charge in [-0.15, -0.1) is 0 Å². The average molecular weight is 386 g/mol. The number of carbonyl (C=O) groups excluding carboxylic acids is 1. The van der Waals surface area contributed by atoms with Crippen molar-refractivity contribution in [1.82, 2.24) is 0 Å². The zero-order valence-electron chi connectivity index (χ0n) is 18.3. The third kappa shape index (κ3) is 6.97. The molecule has 0 amide bonds. The van der Waals surface area contributed by atoms with Crippen LogP contribution in [0, 0.1) is 17.8 Å². The number of carbonyl (C=O) groups is 1. The maximum absolute atomic E-state index is 11.2. The van der Waals surface area contributed by atoms with Crippen molar-refractivity contribution in [3.8, 4) is 0 Å². The Balaban J connectivity index is 2.43. The van der Waals surface area contributed by atoms with Gasteiger partial charge in [-0.25, -0.2) is 0 Å². The number of rotatable bonds is 10. The van der Waals surface area contributed by atoms with Crippen molar-refractivity contribution in [2.24, 2.45) is 23.5 Å². The molecule has 0 aromatic rings. The van der Waals surface area contributed by atoms with Gasteiger partial charge in [0.25, 0.3) is 0 Å². The normalized spacial score (nSPS) is 26.9. The lowest BCUT2D eigenvalue weighted by Gasteiger charge is -2.38. The van der Waals surface area contributed by atoms with Crippen molar-refractivity contribution in [2.75, 3.05) is 13.7 Å². The fraction of sp³-hybridized carbons (Fsp3) is 0.952. The number of ether oxygens (including phenoxy) is 1. The fourth-order valence-corrected chi connectivity index (χ4v) is 4.93.